The van der Waals surface area contributed by atoms with E-state index in [1.54, 1.807) is 18.3 Å². The van der Waals surface area contributed by atoms with E-state index >= 15 is 0 Å². The normalized spacial score (nSPS) is 20.4. The Kier molecular flexibility index (Phi) is 4.05. The maximum Gasteiger partial charge on any atom is 0.0931 e. The van der Waals surface area contributed by atoms with E-state index in [-0.39, 0.29) is 6.10 Å². The average molecular weight is 243 g/mol. The highest BCUT2D eigenvalue weighted by Crippen LogP contribution is 2.28. The summed E-state index contributed by atoms with van der Waals surface area (Å²) >= 11 is 3.73. The molecule has 0 radical (unpaired) electrons. The summed E-state index contributed by atoms with van der Waals surface area (Å²) in [4.78, 5) is 5.38. The molecule has 1 N–H and O–H groups in total. The number of hydrogen-bond acceptors (Lipinski definition) is 4. The number of aliphatic hydroxyl groups is 1. The molecule has 4 heteroatoms. The van der Waals surface area contributed by atoms with Crippen molar-refractivity contribution in [1.29, 1.82) is 0 Å². The fraction of sp³-hybridized carbons (Fsp3) is 0.727. The number of hydrogen-bond donors (Lipinski definition) is 1. The molecule has 2 rings (SSSR count). The van der Waals surface area contributed by atoms with Crippen molar-refractivity contribution < 1.29 is 5.11 Å². The first-order valence-corrected chi connectivity index (χ1v) is 7.43. The van der Waals surface area contributed by atoms with E-state index in [0.717, 1.165) is 17.2 Å². The zero-order chi connectivity index (χ0) is 10.7. The standard InChI is InChI=1S/C11H17NOS2/c1-8(13)10-7-12-11(15-10)6-9-2-4-14-5-3-9/h7-9,13H,2-6H2,1H3. The van der Waals surface area contributed by atoms with Crippen LogP contribution >= 0.6 is 23.1 Å². The maximum absolute atomic E-state index is 9.41. The van der Waals surface area contributed by atoms with Gasteiger partial charge in [-0.25, -0.2) is 4.98 Å². The van der Waals surface area contributed by atoms with Crippen LogP contribution in [0, 0.1) is 5.92 Å². The monoisotopic (exact) mass is 243 g/mol. The minimum Gasteiger partial charge on any atom is -0.388 e. The molecular formula is C11H17NOS2. The summed E-state index contributed by atoms with van der Waals surface area (Å²) in [6.07, 6.45) is 5.22. The third-order valence-corrected chi connectivity index (χ3v) is 5.03. The van der Waals surface area contributed by atoms with Crippen LogP contribution < -0.4 is 0 Å². The zero-order valence-electron chi connectivity index (χ0n) is 8.98. The van der Waals surface area contributed by atoms with Gasteiger partial charge in [0, 0.05) is 12.6 Å². The van der Waals surface area contributed by atoms with Crippen LogP contribution in [-0.4, -0.2) is 21.6 Å². The van der Waals surface area contributed by atoms with Crippen LogP contribution in [0.4, 0.5) is 0 Å². The quantitative estimate of drug-likeness (QED) is 0.886. The third kappa shape index (κ3) is 3.20. The second kappa shape index (κ2) is 5.32. The smallest absolute Gasteiger partial charge is 0.0931 e. The van der Waals surface area contributed by atoms with Crippen molar-refractivity contribution in [3.8, 4) is 0 Å². The van der Waals surface area contributed by atoms with Gasteiger partial charge in [-0.05, 0) is 37.2 Å². The molecule has 84 valence electrons. The fourth-order valence-electron chi connectivity index (χ4n) is 1.81. The summed E-state index contributed by atoms with van der Waals surface area (Å²) in [6.45, 7) is 1.80. The molecule has 1 aromatic heterocycles. The Balaban J connectivity index is 1.91. The number of nitrogens with zero attached hydrogens (tertiary/aromatic N) is 1. The van der Waals surface area contributed by atoms with E-state index < -0.39 is 0 Å². The molecule has 1 unspecified atom stereocenters. The summed E-state index contributed by atoms with van der Waals surface area (Å²) in [6, 6.07) is 0. The van der Waals surface area contributed by atoms with Crippen LogP contribution in [0.2, 0.25) is 0 Å². The van der Waals surface area contributed by atoms with Crippen molar-refractivity contribution >= 4 is 23.1 Å². The molecular weight excluding hydrogens is 226 g/mol. The Morgan fingerprint density at radius 2 is 2.27 bits per heavy atom. The Labute approximate surface area is 99.1 Å². The minimum absolute atomic E-state index is 0.363. The molecule has 1 aliphatic rings. The molecule has 0 aliphatic carbocycles. The minimum atomic E-state index is -0.363. The van der Waals surface area contributed by atoms with E-state index in [4.69, 9.17) is 0 Å². The Morgan fingerprint density at radius 1 is 1.53 bits per heavy atom. The van der Waals surface area contributed by atoms with Crippen molar-refractivity contribution in [2.45, 2.75) is 32.3 Å². The molecule has 1 saturated heterocycles. The third-order valence-electron chi connectivity index (χ3n) is 2.79. The van der Waals surface area contributed by atoms with Crippen molar-refractivity contribution in [2.75, 3.05) is 11.5 Å². The van der Waals surface area contributed by atoms with Crippen molar-refractivity contribution in [2.24, 2.45) is 5.92 Å². The molecule has 0 amide bonds. The van der Waals surface area contributed by atoms with Gasteiger partial charge < -0.3 is 5.11 Å². The first kappa shape index (κ1) is 11.4. The molecule has 0 bridgehead atoms. The number of aliphatic hydroxyl groups excluding tert-OH is 1. The van der Waals surface area contributed by atoms with Gasteiger partial charge in [0.25, 0.3) is 0 Å². The predicted molar refractivity (Wildman–Crippen MR) is 66.5 cm³/mol. The SMILES string of the molecule is CC(O)c1cnc(CC2CCSCC2)s1. The van der Waals surface area contributed by atoms with E-state index in [2.05, 4.69) is 16.7 Å². The van der Waals surface area contributed by atoms with Crippen molar-refractivity contribution in [1.82, 2.24) is 4.98 Å². The molecule has 2 heterocycles. The Hall–Kier alpha value is -0.0600. The lowest BCUT2D eigenvalue weighted by atomic mass is 9.99. The maximum atomic E-state index is 9.41. The molecule has 1 fully saturated rings. The van der Waals surface area contributed by atoms with Gasteiger partial charge in [-0.3, -0.25) is 0 Å². The fourth-order valence-corrected chi connectivity index (χ4v) is 3.99. The van der Waals surface area contributed by atoms with Crippen LogP contribution in [0.25, 0.3) is 0 Å². The van der Waals surface area contributed by atoms with Gasteiger partial charge in [0.15, 0.2) is 0 Å². The topological polar surface area (TPSA) is 33.1 Å². The van der Waals surface area contributed by atoms with Crippen LogP contribution in [0.15, 0.2) is 6.20 Å². The second-order valence-corrected chi connectivity index (χ2v) is 6.46. The number of rotatable bonds is 3. The van der Waals surface area contributed by atoms with E-state index in [9.17, 15) is 5.11 Å². The summed E-state index contributed by atoms with van der Waals surface area (Å²) in [5.41, 5.74) is 0. The molecule has 0 saturated carbocycles. The van der Waals surface area contributed by atoms with Crippen LogP contribution in [0.1, 0.15) is 35.8 Å². The van der Waals surface area contributed by atoms with Gasteiger partial charge in [0.1, 0.15) is 0 Å². The molecule has 1 aromatic rings. The van der Waals surface area contributed by atoms with Gasteiger partial charge in [0.05, 0.1) is 16.0 Å². The molecule has 0 spiro atoms. The largest absolute Gasteiger partial charge is 0.388 e. The van der Waals surface area contributed by atoms with E-state index in [1.807, 2.05) is 6.20 Å². The van der Waals surface area contributed by atoms with E-state index in [0.29, 0.717) is 0 Å². The molecule has 0 aromatic carbocycles. The molecule has 1 atom stereocenters. The van der Waals surface area contributed by atoms with Crippen molar-refractivity contribution in [3.63, 3.8) is 0 Å². The highest BCUT2D eigenvalue weighted by molar-refractivity contribution is 7.99. The predicted octanol–water partition coefficient (Wildman–Crippen LogP) is 2.88. The van der Waals surface area contributed by atoms with Gasteiger partial charge in [-0.15, -0.1) is 11.3 Å². The van der Waals surface area contributed by atoms with Gasteiger partial charge in [-0.1, -0.05) is 0 Å². The first-order chi connectivity index (χ1) is 7.25. The number of aromatic nitrogens is 1. The summed E-state index contributed by atoms with van der Waals surface area (Å²) in [5.74, 6) is 3.43. The highest BCUT2D eigenvalue weighted by atomic mass is 32.2. The van der Waals surface area contributed by atoms with E-state index in [1.165, 1.54) is 29.4 Å². The molecule has 1 aliphatic heterocycles. The number of thiazole rings is 1. The van der Waals surface area contributed by atoms with Gasteiger partial charge >= 0.3 is 0 Å². The molecule has 2 nitrogen and oxygen atoms in total. The van der Waals surface area contributed by atoms with Gasteiger partial charge in [-0.2, -0.15) is 11.8 Å². The lowest BCUT2D eigenvalue weighted by Crippen LogP contribution is -2.11. The van der Waals surface area contributed by atoms with Crippen LogP contribution in [0.5, 0.6) is 0 Å². The summed E-state index contributed by atoms with van der Waals surface area (Å²) < 4.78 is 0. The van der Waals surface area contributed by atoms with Crippen LogP contribution in [-0.2, 0) is 6.42 Å². The summed E-state index contributed by atoms with van der Waals surface area (Å²) in [7, 11) is 0. The van der Waals surface area contributed by atoms with Crippen molar-refractivity contribution in [3.05, 3.63) is 16.1 Å². The number of thioether (sulfide) groups is 1. The Morgan fingerprint density at radius 3 is 2.87 bits per heavy atom. The van der Waals surface area contributed by atoms with Gasteiger partial charge in [0.2, 0.25) is 0 Å². The average Bonchev–Trinajstić information content (AvgIpc) is 2.68. The lowest BCUT2D eigenvalue weighted by Gasteiger charge is -2.19. The molecule has 15 heavy (non-hydrogen) atoms. The summed E-state index contributed by atoms with van der Waals surface area (Å²) in [5, 5.41) is 10.6. The zero-order valence-corrected chi connectivity index (χ0v) is 10.6. The highest BCUT2D eigenvalue weighted by Gasteiger charge is 2.16. The Bertz CT molecular complexity index is 305. The van der Waals surface area contributed by atoms with Crippen LogP contribution in [0.3, 0.4) is 0 Å². The second-order valence-electron chi connectivity index (χ2n) is 4.09. The lowest BCUT2D eigenvalue weighted by molar-refractivity contribution is 0.203. The first-order valence-electron chi connectivity index (χ1n) is 5.46.